The van der Waals surface area contributed by atoms with E-state index in [2.05, 4.69) is 18.9 Å². The summed E-state index contributed by atoms with van der Waals surface area (Å²) in [5, 5.41) is 10.5. The van der Waals surface area contributed by atoms with E-state index >= 15 is 0 Å². The highest BCUT2D eigenvalue weighted by Gasteiger charge is 2.44. The molecule has 3 rings (SSSR count). The maximum atomic E-state index is 10.5. The molecule has 1 aromatic rings. The monoisotopic (exact) mass is 277 g/mol. The van der Waals surface area contributed by atoms with Gasteiger partial charge in [-0.2, -0.15) is 0 Å². The van der Waals surface area contributed by atoms with Crippen LogP contribution in [0.1, 0.15) is 37.9 Å². The third-order valence-corrected chi connectivity index (χ3v) is 4.81. The number of rotatable bonds is 1. The lowest BCUT2D eigenvalue weighted by molar-refractivity contribution is -0.0646. The molecule has 0 radical (unpaired) electrons. The van der Waals surface area contributed by atoms with Crippen LogP contribution in [0.4, 0.5) is 0 Å². The van der Waals surface area contributed by atoms with Crippen LogP contribution in [0.5, 0.6) is 11.5 Å². The van der Waals surface area contributed by atoms with Gasteiger partial charge in [0.05, 0.1) is 13.2 Å². The number of benzene rings is 1. The first-order valence-electron chi connectivity index (χ1n) is 7.28. The zero-order valence-electron chi connectivity index (χ0n) is 12.4. The maximum Gasteiger partial charge on any atom is 0.129 e. The Morgan fingerprint density at radius 2 is 2.20 bits per heavy atom. The van der Waals surface area contributed by atoms with Crippen molar-refractivity contribution in [3.63, 3.8) is 0 Å². The van der Waals surface area contributed by atoms with Crippen LogP contribution in [-0.2, 0) is 0 Å². The number of aliphatic hydroxyl groups excluding tert-OH is 1. The Kier molecular flexibility index (Phi) is 3.38. The van der Waals surface area contributed by atoms with E-state index < -0.39 is 6.10 Å². The number of likely N-dealkylation sites (tertiary alicyclic amines) is 1. The average Bonchev–Trinajstić information content (AvgIpc) is 2.43. The first-order valence-corrected chi connectivity index (χ1v) is 7.28. The molecule has 1 N–H and O–H groups in total. The van der Waals surface area contributed by atoms with Crippen LogP contribution >= 0.6 is 0 Å². The van der Waals surface area contributed by atoms with E-state index in [1.807, 2.05) is 18.2 Å². The van der Waals surface area contributed by atoms with E-state index in [0.29, 0.717) is 12.5 Å². The van der Waals surface area contributed by atoms with Gasteiger partial charge in [-0.3, -0.25) is 0 Å². The number of fused-ring (bicyclic) bond motifs is 1. The van der Waals surface area contributed by atoms with E-state index in [4.69, 9.17) is 9.47 Å². The largest absolute Gasteiger partial charge is 0.497 e. The molecule has 0 amide bonds. The molecule has 4 nitrogen and oxygen atoms in total. The van der Waals surface area contributed by atoms with Crippen LogP contribution in [0.2, 0.25) is 0 Å². The van der Waals surface area contributed by atoms with Gasteiger partial charge >= 0.3 is 0 Å². The zero-order valence-corrected chi connectivity index (χ0v) is 12.4. The van der Waals surface area contributed by atoms with Crippen molar-refractivity contribution in [2.75, 3.05) is 20.7 Å². The van der Waals surface area contributed by atoms with Crippen LogP contribution < -0.4 is 9.47 Å². The molecule has 0 aliphatic carbocycles. The van der Waals surface area contributed by atoms with Gasteiger partial charge in [-0.15, -0.1) is 0 Å². The number of piperidine rings is 1. The van der Waals surface area contributed by atoms with E-state index in [-0.39, 0.29) is 5.60 Å². The molecule has 2 heterocycles. The van der Waals surface area contributed by atoms with E-state index in [1.165, 1.54) is 0 Å². The number of hydrogen-bond donors (Lipinski definition) is 1. The molecule has 0 bridgehead atoms. The highest BCUT2D eigenvalue weighted by molar-refractivity contribution is 5.44. The van der Waals surface area contributed by atoms with Crippen molar-refractivity contribution in [3.05, 3.63) is 23.8 Å². The minimum Gasteiger partial charge on any atom is -0.497 e. The Balaban J connectivity index is 1.91. The van der Waals surface area contributed by atoms with Crippen LogP contribution in [0.3, 0.4) is 0 Å². The minimum absolute atomic E-state index is 0.231. The Morgan fingerprint density at radius 1 is 1.40 bits per heavy atom. The van der Waals surface area contributed by atoms with Crippen LogP contribution in [0, 0.1) is 0 Å². The van der Waals surface area contributed by atoms with Crippen LogP contribution in [-0.4, -0.2) is 42.4 Å². The van der Waals surface area contributed by atoms with Gasteiger partial charge in [0.1, 0.15) is 17.1 Å². The van der Waals surface area contributed by atoms with Gasteiger partial charge in [0, 0.05) is 37.1 Å². The average molecular weight is 277 g/mol. The maximum absolute atomic E-state index is 10.5. The molecule has 3 atom stereocenters. The number of nitrogens with zero attached hydrogens (tertiary/aromatic N) is 1. The Hall–Kier alpha value is -1.26. The molecule has 0 aromatic heterocycles. The molecule has 20 heavy (non-hydrogen) atoms. The van der Waals surface area contributed by atoms with Gasteiger partial charge in [0.15, 0.2) is 0 Å². The third-order valence-electron chi connectivity index (χ3n) is 4.81. The standard InChI is InChI=1S/C16H23NO3/c1-11-9-16(6-7-17(11)2)10-14(18)13-5-4-12(19-3)8-15(13)20-16/h4-5,8,11,14,18H,6-7,9-10H2,1-3H3/t11?,14-,16?/m1/s1. The molecule has 1 saturated heterocycles. The van der Waals surface area contributed by atoms with E-state index in [0.717, 1.165) is 36.4 Å². The second kappa shape index (κ2) is 4.93. The van der Waals surface area contributed by atoms with Crippen molar-refractivity contribution in [2.24, 2.45) is 0 Å². The number of ether oxygens (including phenoxy) is 2. The first-order chi connectivity index (χ1) is 9.53. The van der Waals surface area contributed by atoms with E-state index in [1.54, 1.807) is 7.11 Å². The fourth-order valence-corrected chi connectivity index (χ4v) is 3.42. The summed E-state index contributed by atoms with van der Waals surface area (Å²) < 4.78 is 11.6. The highest BCUT2D eigenvalue weighted by atomic mass is 16.5. The number of hydrogen-bond acceptors (Lipinski definition) is 4. The molecule has 1 aromatic carbocycles. The summed E-state index contributed by atoms with van der Waals surface area (Å²) in [6.07, 6.45) is 2.16. The van der Waals surface area contributed by atoms with Gasteiger partial charge in [-0.25, -0.2) is 0 Å². The van der Waals surface area contributed by atoms with Crippen molar-refractivity contribution in [1.82, 2.24) is 4.90 Å². The second-order valence-corrected chi connectivity index (χ2v) is 6.19. The highest BCUT2D eigenvalue weighted by Crippen LogP contribution is 2.46. The summed E-state index contributed by atoms with van der Waals surface area (Å²) in [6.45, 7) is 3.23. The van der Waals surface area contributed by atoms with Crippen LogP contribution in [0.25, 0.3) is 0 Å². The molecule has 1 fully saturated rings. The molecule has 1 spiro atoms. The normalized spacial score (nSPS) is 33.6. The molecule has 0 saturated carbocycles. The smallest absolute Gasteiger partial charge is 0.129 e. The van der Waals surface area contributed by atoms with Crippen molar-refractivity contribution < 1.29 is 14.6 Å². The van der Waals surface area contributed by atoms with E-state index in [9.17, 15) is 5.11 Å². The predicted molar refractivity (Wildman–Crippen MR) is 77.3 cm³/mol. The SMILES string of the molecule is COc1ccc2c(c1)OC1(CCN(C)C(C)C1)C[C@H]2O. The van der Waals surface area contributed by atoms with Crippen molar-refractivity contribution in [1.29, 1.82) is 0 Å². The summed E-state index contributed by atoms with van der Waals surface area (Å²) in [4.78, 5) is 2.35. The molecule has 2 aliphatic heterocycles. The molecule has 2 unspecified atom stereocenters. The zero-order chi connectivity index (χ0) is 14.3. The first kappa shape index (κ1) is 13.7. The molecular formula is C16H23NO3. The lowest BCUT2D eigenvalue weighted by Crippen LogP contribution is -2.52. The summed E-state index contributed by atoms with van der Waals surface area (Å²) in [6, 6.07) is 6.15. The number of aliphatic hydroxyl groups is 1. The van der Waals surface area contributed by atoms with Gasteiger partial charge in [-0.1, -0.05) is 0 Å². The quantitative estimate of drug-likeness (QED) is 0.855. The minimum atomic E-state index is -0.444. The molecule has 2 aliphatic rings. The Labute approximate surface area is 120 Å². The summed E-state index contributed by atoms with van der Waals surface area (Å²) >= 11 is 0. The van der Waals surface area contributed by atoms with Crippen LogP contribution in [0.15, 0.2) is 18.2 Å². The topological polar surface area (TPSA) is 41.9 Å². The molecule has 4 heteroatoms. The molecular weight excluding hydrogens is 254 g/mol. The summed E-state index contributed by atoms with van der Waals surface area (Å²) in [5.74, 6) is 1.55. The molecule has 110 valence electrons. The van der Waals surface area contributed by atoms with Gasteiger partial charge in [0.25, 0.3) is 0 Å². The Morgan fingerprint density at radius 3 is 2.90 bits per heavy atom. The Bertz CT molecular complexity index is 504. The van der Waals surface area contributed by atoms with Crippen molar-refractivity contribution in [3.8, 4) is 11.5 Å². The summed E-state index contributed by atoms with van der Waals surface area (Å²) in [7, 11) is 3.79. The lowest BCUT2D eigenvalue weighted by atomic mass is 9.79. The second-order valence-electron chi connectivity index (χ2n) is 6.19. The van der Waals surface area contributed by atoms with Gasteiger partial charge < -0.3 is 19.5 Å². The fraction of sp³-hybridized carbons (Fsp3) is 0.625. The van der Waals surface area contributed by atoms with Gasteiger partial charge in [0.2, 0.25) is 0 Å². The van der Waals surface area contributed by atoms with Gasteiger partial charge in [-0.05, 0) is 32.5 Å². The van der Waals surface area contributed by atoms with Crippen molar-refractivity contribution in [2.45, 2.75) is 43.9 Å². The lowest BCUT2D eigenvalue weighted by Gasteiger charge is -2.47. The predicted octanol–water partition coefficient (Wildman–Crippen LogP) is 2.36. The van der Waals surface area contributed by atoms with Crippen molar-refractivity contribution >= 4 is 0 Å². The summed E-state index contributed by atoms with van der Waals surface area (Å²) in [5.41, 5.74) is 0.646. The number of methoxy groups -OCH3 is 1. The third kappa shape index (κ3) is 2.27. The fourth-order valence-electron chi connectivity index (χ4n) is 3.42.